The number of benzene rings is 2. The first kappa shape index (κ1) is 15.4. The minimum Gasteiger partial charge on any atom is -0.489 e. The number of rotatable bonds is 7. The Balaban J connectivity index is 2.11. The summed E-state index contributed by atoms with van der Waals surface area (Å²) in [6.45, 7) is 7.81. The van der Waals surface area contributed by atoms with Crippen LogP contribution >= 0.6 is 0 Å². The second-order valence-electron chi connectivity index (χ2n) is 5.10. The zero-order valence-electron chi connectivity index (χ0n) is 12.9. The number of ether oxygens (including phenoxy) is 1. The summed E-state index contributed by atoms with van der Waals surface area (Å²) in [4.78, 5) is 2.35. The highest BCUT2D eigenvalue weighted by atomic mass is 16.5. The smallest absolute Gasteiger partial charge is 0.124 e. The lowest BCUT2D eigenvalue weighted by Crippen LogP contribution is -2.22. The molecule has 2 aromatic carbocycles. The van der Waals surface area contributed by atoms with Crippen LogP contribution in [0.25, 0.3) is 0 Å². The molecular weight excluding hydrogens is 260 g/mol. The first-order chi connectivity index (χ1) is 10.2. The standard InChI is InChI=1S/C18H24N2O/c1-3-20(4-2)13-16-12-17(19)10-11-18(16)21-14-15-8-6-5-7-9-15/h5-12H,3-4,13-14,19H2,1-2H3. The number of hydrogen-bond acceptors (Lipinski definition) is 3. The Hall–Kier alpha value is -2.00. The van der Waals surface area contributed by atoms with E-state index >= 15 is 0 Å². The van der Waals surface area contributed by atoms with Gasteiger partial charge >= 0.3 is 0 Å². The Bertz CT molecular complexity index is 550. The van der Waals surface area contributed by atoms with Gasteiger partial charge in [0.05, 0.1) is 0 Å². The van der Waals surface area contributed by atoms with Crippen LogP contribution in [0, 0.1) is 0 Å². The lowest BCUT2D eigenvalue weighted by molar-refractivity contribution is 0.272. The molecule has 21 heavy (non-hydrogen) atoms. The van der Waals surface area contributed by atoms with Crippen LogP contribution in [0.1, 0.15) is 25.0 Å². The van der Waals surface area contributed by atoms with Gasteiger partial charge in [-0.15, -0.1) is 0 Å². The van der Waals surface area contributed by atoms with Crippen LogP contribution in [-0.4, -0.2) is 18.0 Å². The average Bonchev–Trinajstić information content (AvgIpc) is 2.52. The molecule has 3 heteroatoms. The normalized spacial score (nSPS) is 10.8. The van der Waals surface area contributed by atoms with Crippen molar-refractivity contribution in [1.82, 2.24) is 4.90 Å². The molecule has 0 atom stereocenters. The first-order valence-electron chi connectivity index (χ1n) is 7.50. The SMILES string of the molecule is CCN(CC)Cc1cc(N)ccc1OCc1ccccc1. The predicted octanol–water partition coefficient (Wildman–Crippen LogP) is 3.69. The van der Waals surface area contributed by atoms with E-state index in [0.29, 0.717) is 6.61 Å². The average molecular weight is 284 g/mol. The van der Waals surface area contributed by atoms with Crippen LogP contribution in [-0.2, 0) is 13.2 Å². The molecule has 0 radical (unpaired) electrons. The van der Waals surface area contributed by atoms with Gasteiger partial charge in [-0.1, -0.05) is 44.2 Å². The molecule has 0 bridgehead atoms. The van der Waals surface area contributed by atoms with Gasteiger partial charge in [-0.3, -0.25) is 4.90 Å². The lowest BCUT2D eigenvalue weighted by atomic mass is 10.1. The molecule has 0 saturated heterocycles. The minimum absolute atomic E-state index is 0.579. The van der Waals surface area contributed by atoms with Crippen LogP contribution in [0.2, 0.25) is 0 Å². The number of anilines is 1. The molecule has 0 aliphatic carbocycles. The van der Waals surface area contributed by atoms with E-state index in [2.05, 4.69) is 30.9 Å². The molecule has 2 aromatic rings. The van der Waals surface area contributed by atoms with E-state index in [0.717, 1.165) is 36.6 Å². The third-order valence-electron chi connectivity index (χ3n) is 3.61. The van der Waals surface area contributed by atoms with Gasteiger partial charge < -0.3 is 10.5 Å². The van der Waals surface area contributed by atoms with Crippen molar-refractivity contribution in [3.05, 3.63) is 59.7 Å². The summed E-state index contributed by atoms with van der Waals surface area (Å²) >= 11 is 0. The Morgan fingerprint density at radius 2 is 1.71 bits per heavy atom. The minimum atomic E-state index is 0.579. The summed E-state index contributed by atoms with van der Waals surface area (Å²) in [6.07, 6.45) is 0. The topological polar surface area (TPSA) is 38.5 Å². The van der Waals surface area contributed by atoms with Gasteiger partial charge in [0.15, 0.2) is 0 Å². The molecule has 0 heterocycles. The summed E-state index contributed by atoms with van der Waals surface area (Å²) in [5.41, 5.74) is 9.02. The predicted molar refractivity (Wildman–Crippen MR) is 88.3 cm³/mol. The van der Waals surface area contributed by atoms with Crippen LogP contribution in [0.4, 0.5) is 5.69 Å². The fraction of sp³-hybridized carbons (Fsp3) is 0.333. The Morgan fingerprint density at radius 1 is 1.00 bits per heavy atom. The molecule has 0 aliphatic heterocycles. The van der Waals surface area contributed by atoms with E-state index in [1.54, 1.807) is 0 Å². The molecular formula is C18H24N2O. The monoisotopic (exact) mass is 284 g/mol. The summed E-state index contributed by atoms with van der Waals surface area (Å²) < 4.78 is 5.99. The molecule has 0 aliphatic rings. The molecule has 0 spiro atoms. The second-order valence-corrected chi connectivity index (χ2v) is 5.10. The molecule has 3 nitrogen and oxygen atoms in total. The fourth-order valence-electron chi connectivity index (χ4n) is 2.29. The third kappa shape index (κ3) is 4.50. The number of hydrogen-bond donors (Lipinski definition) is 1. The summed E-state index contributed by atoms with van der Waals surface area (Å²) in [5.74, 6) is 0.917. The van der Waals surface area contributed by atoms with Crippen LogP contribution in [0.15, 0.2) is 48.5 Å². The van der Waals surface area contributed by atoms with E-state index < -0.39 is 0 Å². The van der Waals surface area contributed by atoms with Crippen molar-refractivity contribution < 1.29 is 4.74 Å². The van der Waals surface area contributed by atoms with Gasteiger partial charge in [0.2, 0.25) is 0 Å². The van der Waals surface area contributed by atoms with Crippen LogP contribution in [0.3, 0.4) is 0 Å². The van der Waals surface area contributed by atoms with Gasteiger partial charge in [-0.05, 0) is 36.9 Å². The lowest BCUT2D eigenvalue weighted by Gasteiger charge is -2.20. The highest BCUT2D eigenvalue weighted by molar-refractivity contribution is 5.48. The van der Waals surface area contributed by atoms with Gasteiger partial charge in [-0.2, -0.15) is 0 Å². The van der Waals surface area contributed by atoms with Crippen molar-refractivity contribution in [2.45, 2.75) is 27.0 Å². The molecule has 0 unspecified atom stereocenters. The third-order valence-corrected chi connectivity index (χ3v) is 3.61. The number of nitrogen functional groups attached to an aromatic ring is 1. The largest absolute Gasteiger partial charge is 0.489 e. The van der Waals surface area contributed by atoms with Crippen molar-refractivity contribution in [3.8, 4) is 5.75 Å². The van der Waals surface area contributed by atoms with Crippen molar-refractivity contribution in [2.75, 3.05) is 18.8 Å². The highest BCUT2D eigenvalue weighted by Crippen LogP contribution is 2.24. The summed E-state index contributed by atoms with van der Waals surface area (Å²) in [7, 11) is 0. The first-order valence-corrected chi connectivity index (χ1v) is 7.50. The maximum Gasteiger partial charge on any atom is 0.124 e. The number of nitrogens with two attached hydrogens (primary N) is 1. The van der Waals surface area contributed by atoms with Crippen molar-refractivity contribution in [2.24, 2.45) is 0 Å². The maximum atomic E-state index is 5.99. The maximum absolute atomic E-state index is 5.99. The molecule has 112 valence electrons. The van der Waals surface area contributed by atoms with Gasteiger partial charge in [0, 0.05) is 17.8 Å². The molecule has 0 amide bonds. The van der Waals surface area contributed by atoms with Crippen LogP contribution in [0.5, 0.6) is 5.75 Å². The van der Waals surface area contributed by atoms with E-state index in [1.165, 1.54) is 5.56 Å². The van der Waals surface area contributed by atoms with Crippen molar-refractivity contribution in [3.63, 3.8) is 0 Å². The molecule has 2 N–H and O–H groups in total. The van der Waals surface area contributed by atoms with E-state index in [1.807, 2.05) is 36.4 Å². The number of nitrogens with zero attached hydrogens (tertiary/aromatic N) is 1. The molecule has 0 aromatic heterocycles. The van der Waals surface area contributed by atoms with Crippen molar-refractivity contribution >= 4 is 5.69 Å². The van der Waals surface area contributed by atoms with Crippen LogP contribution < -0.4 is 10.5 Å². The molecule has 2 rings (SSSR count). The zero-order valence-corrected chi connectivity index (χ0v) is 12.9. The summed E-state index contributed by atoms with van der Waals surface area (Å²) in [5, 5.41) is 0. The zero-order chi connectivity index (χ0) is 15.1. The van der Waals surface area contributed by atoms with E-state index in [9.17, 15) is 0 Å². The van der Waals surface area contributed by atoms with Gasteiger partial charge in [0.1, 0.15) is 12.4 Å². The Labute approximate surface area is 127 Å². The Kier molecular flexibility index (Phi) is 5.64. The van der Waals surface area contributed by atoms with Crippen molar-refractivity contribution in [1.29, 1.82) is 0 Å². The highest BCUT2D eigenvalue weighted by Gasteiger charge is 2.08. The molecule has 0 fully saturated rings. The van der Waals surface area contributed by atoms with E-state index in [4.69, 9.17) is 10.5 Å². The van der Waals surface area contributed by atoms with E-state index in [-0.39, 0.29) is 0 Å². The Morgan fingerprint density at radius 3 is 2.38 bits per heavy atom. The fourth-order valence-corrected chi connectivity index (χ4v) is 2.29. The summed E-state index contributed by atoms with van der Waals surface area (Å²) in [6, 6.07) is 16.1. The quantitative estimate of drug-likeness (QED) is 0.788. The molecule has 0 saturated carbocycles. The van der Waals surface area contributed by atoms with Gasteiger partial charge in [-0.25, -0.2) is 0 Å². The van der Waals surface area contributed by atoms with Gasteiger partial charge in [0.25, 0.3) is 0 Å². The second kappa shape index (κ2) is 7.70.